The first-order valence-corrected chi connectivity index (χ1v) is 7.13. The largest absolute Gasteiger partial charge is 0.496 e. The molecule has 0 radical (unpaired) electrons. The molecule has 1 fully saturated rings. The van der Waals surface area contributed by atoms with Crippen molar-refractivity contribution in [2.24, 2.45) is 0 Å². The Morgan fingerprint density at radius 2 is 1.70 bits per heavy atom. The van der Waals surface area contributed by atoms with Gasteiger partial charge >= 0.3 is 0 Å². The predicted octanol–water partition coefficient (Wildman–Crippen LogP) is 3.56. The van der Waals surface area contributed by atoms with E-state index in [1.54, 1.807) is 21.3 Å². The van der Waals surface area contributed by atoms with E-state index in [0.717, 1.165) is 18.4 Å². The van der Waals surface area contributed by atoms with E-state index in [-0.39, 0.29) is 17.6 Å². The van der Waals surface area contributed by atoms with Gasteiger partial charge in [0, 0.05) is 12.1 Å². The molecule has 4 nitrogen and oxygen atoms in total. The van der Waals surface area contributed by atoms with E-state index in [1.165, 1.54) is 0 Å². The van der Waals surface area contributed by atoms with Crippen LogP contribution in [0.1, 0.15) is 30.7 Å². The molecule has 20 heavy (non-hydrogen) atoms. The molecular weight excluding hydrogens is 280 g/mol. The second-order valence-electron chi connectivity index (χ2n) is 4.91. The molecule has 1 heterocycles. The van der Waals surface area contributed by atoms with Gasteiger partial charge in [-0.05, 0) is 19.8 Å². The van der Waals surface area contributed by atoms with Crippen molar-refractivity contribution in [1.82, 2.24) is 0 Å². The van der Waals surface area contributed by atoms with Crippen molar-refractivity contribution < 1.29 is 18.9 Å². The van der Waals surface area contributed by atoms with E-state index in [0.29, 0.717) is 17.2 Å². The third-order valence-electron chi connectivity index (χ3n) is 3.62. The van der Waals surface area contributed by atoms with Crippen molar-refractivity contribution in [3.8, 4) is 17.2 Å². The summed E-state index contributed by atoms with van der Waals surface area (Å²) < 4.78 is 22.0. The quantitative estimate of drug-likeness (QED) is 0.779. The molecule has 1 aliphatic rings. The molecule has 3 atom stereocenters. The molecule has 3 unspecified atom stereocenters. The summed E-state index contributed by atoms with van der Waals surface area (Å²) in [6.07, 6.45) is 2.18. The van der Waals surface area contributed by atoms with Gasteiger partial charge in [0.1, 0.15) is 17.2 Å². The molecule has 1 aromatic carbocycles. The number of hydrogen-bond acceptors (Lipinski definition) is 4. The van der Waals surface area contributed by atoms with E-state index < -0.39 is 0 Å². The average molecular weight is 301 g/mol. The van der Waals surface area contributed by atoms with Crippen molar-refractivity contribution in [3.05, 3.63) is 17.7 Å². The van der Waals surface area contributed by atoms with E-state index in [4.69, 9.17) is 30.5 Å². The van der Waals surface area contributed by atoms with Gasteiger partial charge in [0.05, 0.1) is 44.5 Å². The molecule has 0 aliphatic carbocycles. The zero-order valence-corrected chi connectivity index (χ0v) is 13.1. The maximum atomic E-state index is 6.62. The minimum atomic E-state index is -0.309. The predicted molar refractivity (Wildman–Crippen MR) is 78.3 cm³/mol. The van der Waals surface area contributed by atoms with Crippen molar-refractivity contribution in [2.45, 2.75) is 37.4 Å². The normalized spacial score (nSPS) is 23.4. The van der Waals surface area contributed by atoms with E-state index in [1.807, 2.05) is 12.1 Å². The first kappa shape index (κ1) is 15.3. The highest BCUT2D eigenvalue weighted by atomic mass is 35.5. The van der Waals surface area contributed by atoms with E-state index in [2.05, 4.69) is 6.92 Å². The smallest absolute Gasteiger partial charge is 0.131 e. The van der Waals surface area contributed by atoms with Gasteiger partial charge in [-0.3, -0.25) is 0 Å². The first-order valence-electron chi connectivity index (χ1n) is 6.70. The number of ether oxygens (including phenoxy) is 4. The lowest BCUT2D eigenvalue weighted by Gasteiger charge is -2.23. The molecule has 1 aliphatic heterocycles. The van der Waals surface area contributed by atoms with Gasteiger partial charge in [-0.15, -0.1) is 11.6 Å². The van der Waals surface area contributed by atoms with Crippen molar-refractivity contribution in [1.29, 1.82) is 0 Å². The average Bonchev–Trinajstić information content (AvgIpc) is 2.91. The number of halogens is 1. The minimum Gasteiger partial charge on any atom is -0.496 e. The molecule has 2 rings (SSSR count). The summed E-state index contributed by atoms with van der Waals surface area (Å²) >= 11 is 6.62. The summed E-state index contributed by atoms with van der Waals surface area (Å²) in [4.78, 5) is 0. The SMILES string of the molecule is COc1cc(OC)c(C(Cl)C2CCC(C)O2)c(OC)c1. The molecule has 0 saturated carbocycles. The Morgan fingerprint density at radius 3 is 2.10 bits per heavy atom. The lowest BCUT2D eigenvalue weighted by molar-refractivity contribution is 0.0525. The Balaban J connectivity index is 2.38. The Labute approximate surface area is 124 Å². The fourth-order valence-electron chi connectivity index (χ4n) is 2.54. The monoisotopic (exact) mass is 300 g/mol. The van der Waals surface area contributed by atoms with Gasteiger partial charge in [-0.2, -0.15) is 0 Å². The molecule has 112 valence electrons. The lowest BCUT2D eigenvalue weighted by Crippen LogP contribution is -2.16. The zero-order chi connectivity index (χ0) is 14.7. The Hall–Kier alpha value is -1.13. The van der Waals surface area contributed by atoms with Crippen molar-refractivity contribution in [3.63, 3.8) is 0 Å². The third kappa shape index (κ3) is 2.96. The van der Waals surface area contributed by atoms with Crippen LogP contribution < -0.4 is 14.2 Å². The Bertz CT molecular complexity index is 438. The molecule has 1 aromatic rings. The third-order valence-corrected chi connectivity index (χ3v) is 4.12. The van der Waals surface area contributed by atoms with Crippen LogP contribution in [0.3, 0.4) is 0 Å². The van der Waals surface area contributed by atoms with Crippen LogP contribution in [-0.2, 0) is 4.74 Å². The number of methoxy groups -OCH3 is 3. The van der Waals surface area contributed by atoms with Crippen LogP contribution in [0.2, 0.25) is 0 Å². The van der Waals surface area contributed by atoms with E-state index >= 15 is 0 Å². The van der Waals surface area contributed by atoms with Crippen molar-refractivity contribution >= 4 is 11.6 Å². The second-order valence-corrected chi connectivity index (χ2v) is 5.38. The van der Waals surface area contributed by atoms with Crippen LogP contribution in [-0.4, -0.2) is 33.5 Å². The molecule has 0 amide bonds. The van der Waals surface area contributed by atoms with Gasteiger partial charge in [0.15, 0.2) is 0 Å². The van der Waals surface area contributed by atoms with Crippen LogP contribution >= 0.6 is 11.6 Å². The fraction of sp³-hybridized carbons (Fsp3) is 0.600. The number of alkyl halides is 1. The molecule has 1 saturated heterocycles. The van der Waals surface area contributed by atoms with Gasteiger partial charge in [-0.25, -0.2) is 0 Å². The highest BCUT2D eigenvalue weighted by molar-refractivity contribution is 6.21. The maximum Gasteiger partial charge on any atom is 0.131 e. The van der Waals surface area contributed by atoms with Crippen LogP contribution in [0.25, 0.3) is 0 Å². The van der Waals surface area contributed by atoms with E-state index in [9.17, 15) is 0 Å². The zero-order valence-electron chi connectivity index (χ0n) is 12.3. The van der Waals surface area contributed by atoms with Gasteiger partial charge in [-0.1, -0.05) is 0 Å². The molecule has 0 N–H and O–H groups in total. The maximum absolute atomic E-state index is 6.62. The molecular formula is C15H21ClO4. The molecule has 0 aromatic heterocycles. The lowest BCUT2D eigenvalue weighted by atomic mass is 10.0. The number of hydrogen-bond donors (Lipinski definition) is 0. The fourth-order valence-corrected chi connectivity index (χ4v) is 2.94. The standard InChI is InChI=1S/C15H21ClO4/c1-9-5-6-11(20-9)15(16)14-12(18-3)7-10(17-2)8-13(14)19-4/h7-9,11,15H,5-6H2,1-4H3. The summed E-state index contributed by atoms with van der Waals surface area (Å²) in [6.45, 7) is 2.06. The minimum absolute atomic E-state index is 0.0251. The van der Waals surface area contributed by atoms with Crippen LogP contribution in [0, 0.1) is 0 Å². The molecule has 0 bridgehead atoms. The Kier molecular flexibility index (Phi) is 5.00. The highest BCUT2D eigenvalue weighted by Gasteiger charge is 2.33. The summed E-state index contributed by atoms with van der Waals surface area (Å²) in [7, 11) is 4.83. The first-order chi connectivity index (χ1) is 9.60. The van der Waals surface area contributed by atoms with Gasteiger partial charge < -0.3 is 18.9 Å². The topological polar surface area (TPSA) is 36.9 Å². The summed E-state index contributed by atoms with van der Waals surface area (Å²) in [5.41, 5.74) is 0.816. The van der Waals surface area contributed by atoms with Crippen LogP contribution in [0.4, 0.5) is 0 Å². The molecule has 0 spiro atoms. The molecule has 5 heteroatoms. The van der Waals surface area contributed by atoms with Crippen LogP contribution in [0.5, 0.6) is 17.2 Å². The van der Waals surface area contributed by atoms with Gasteiger partial charge in [0.25, 0.3) is 0 Å². The second kappa shape index (κ2) is 6.55. The van der Waals surface area contributed by atoms with Crippen molar-refractivity contribution in [2.75, 3.05) is 21.3 Å². The number of rotatable bonds is 5. The summed E-state index contributed by atoms with van der Waals surface area (Å²) in [5.74, 6) is 1.99. The summed E-state index contributed by atoms with van der Waals surface area (Å²) in [5, 5.41) is -0.309. The number of benzene rings is 1. The Morgan fingerprint density at radius 1 is 1.10 bits per heavy atom. The summed E-state index contributed by atoms with van der Waals surface area (Å²) in [6, 6.07) is 3.62. The van der Waals surface area contributed by atoms with Gasteiger partial charge in [0.2, 0.25) is 0 Å². The highest BCUT2D eigenvalue weighted by Crippen LogP contribution is 2.45. The van der Waals surface area contributed by atoms with Crippen LogP contribution in [0.15, 0.2) is 12.1 Å².